The van der Waals surface area contributed by atoms with Crippen molar-refractivity contribution in [3.63, 3.8) is 0 Å². The van der Waals surface area contributed by atoms with Gasteiger partial charge in [0.2, 0.25) is 5.95 Å². The number of anilines is 2. The Labute approximate surface area is 131 Å². The third-order valence-electron chi connectivity index (χ3n) is 3.19. The molecule has 0 aliphatic heterocycles. The van der Waals surface area contributed by atoms with Crippen LogP contribution >= 0.6 is 15.9 Å². The predicted octanol–water partition coefficient (Wildman–Crippen LogP) is 4.05. The van der Waals surface area contributed by atoms with Crippen molar-refractivity contribution in [3.8, 4) is 0 Å². The molecule has 0 aliphatic carbocycles. The number of fused-ring (bicyclic) bond motifs is 1. The Morgan fingerprint density at radius 3 is 2.62 bits per heavy atom. The minimum absolute atomic E-state index is 0.623. The number of nitrogens with zero attached hydrogens (tertiary/aromatic N) is 2. The van der Waals surface area contributed by atoms with Crippen LogP contribution in [0.15, 0.2) is 53.0 Å². The SMILES string of the molecule is CNc1nc(NCc2ccccc2)nc2ccc(Br)cc12. The number of aromatic nitrogens is 2. The Morgan fingerprint density at radius 2 is 1.86 bits per heavy atom. The fourth-order valence-corrected chi connectivity index (χ4v) is 2.51. The van der Waals surface area contributed by atoms with Crippen LogP contribution in [0.3, 0.4) is 0 Å². The van der Waals surface area contributed by atoms with E-state index in [0.29, 0.717) is 12.5 Å². The second kappa shape index (κ2) is 6.10. The molecule has 0 radical (unpaired) electrons. The average molecular weight is 343 g/mol. The summed E-state index contributed by atoms with van der Waals surface area (Å²) in [6, 6.07) is 16.2. The molecule has 4 nitrogen and oxygen atoms in total. The normalized spacial score (nSPS) is 10.6. The molecule has 1 aromatic heterocycles. The Balaban J connectivity index is 1.91. The number of hydrogen-bond acceptors (Lipinski definition) is 4. The van der Waals surface area contributed by atoms with Gasteiger partial charge >= 0.3 is 0 Å². The fourth-order valence-electron chi connectivity index (χ4n) is 2.15. The molecule has 3 rings (SSSR count). The first-order valence-electron chi connectivity index (χ1n) is 6.69. The molecular formula is C16H15BrN4. The van der Waals surface area contributed by atoms with Crippen LogP contribution in [0.1, 0.15) is 5.56 Å². The zero-order chi connectivity index (χ0) is 14.7. The van der Waals surface area contributed by atoms with Gasteiger partial charge in [-0.1, -0.05) is 46.3 Å². The third kappa shape index (κ3) is 3.13. The molecule has 0 aliphatic rings. The van der Waals surface area contributed by atoms with Gasteiger partial charge in [0.05, 0.1) is 5.52 Å². The van der Waals surface area contributed by atoms with E-state index in [0.717, 1.165) is 21.2 Å². The maximum Gasteiger partial charge on any atom is 0.225 e. The number of benzene rings is 2. The number of halogens is 1. The predicted molar refractivity (Wildman–Crippen MR) is 90.6 cm³/mol. The van der Waals surface area contributed by atoms with Crippen LogP contribution in [-0.4, -0.2) is 17.0 Å². The van der Waals surface area contributed by atoms with Gasteiger partial charge < -0.3 is 10.6 Å². The standard InChI is InChI=1S/C16H15BrN4/c1-18-15-13-9-12(17)7-8-14(13)20-16(21-15)19-10-11-5-3-2-4-6-11/h2-9H,10H2,1H3,(H2,18,19,20,21). The Morgan fingerprint density at radius 1 is 1.05 bits per heavy atom. The summed E-state index contributed by atoms with van der Waals surface area (Å²) in [5.41, 5.74) is 2.11. The molecule has 0 amide bonds. The maximum absolute atomic E-state index is 4.56. The van der Waals surface area contributed by atoms with Crippen molar-refractivity contribution in [2.24, 2.45) is 0 Å². The highest BCUT2D eigenvalue weighted by atomic mass is 79.9. The van der Waals surface area contributed by atoms with Crippen molar-refractivity contribution >= 4 is 38.6 Å². The van der Waals surface area contributed by atoms with Crippen LogP contribution in [0, 0.1) is 0 Å². The largest absolute Gasteiger partial charge is 0.372 e. The van der Waals surface area contributed by atoms with E-state index in [2.05, 4.69) is 48.7 Å². The highest BCUT2D eigenvalue weighted by Gasteiger charge is 2.07. The summed E-state index contributed by atoms with van der Waals surface area (Å²) in [5, 5.41) is 7.39. The minimum Gasteiger partial charge on any atom is -0.372 e. The molecule has 2 aromatic carbocycles. The van der Waals surface area contributed by atoms with E-state index in [1.807, 2.05) is 43.4 Å². The first-order valence-corrected chi connectivity index (χ1v) is 7.48. The van der Waals surface area contributed by atoms with E-state index in [-0.39, 0.29) is 0 Å². The molecule has 3 aromatic rings. The van der Waals surface area contributed by atoms with E-state index >= 15 is 0 Å². The van der Waals surface area contributed by atoms with Crippen LogP contribution in [0.25, 0.3) is 10.9 Å². The number of rotatable bonds is 4. The van der Waals surface area contributed by atoms with E-state index in [4.69, 9.17) is 0 Å². The van der Waals surface area contributed by atoms with Gasteiger partial charge in [0.15, 0.2) is 0 Å². The lowest BCUT2D eigenvalue weighted by Crippen LogP contribution is -2.06. The lowest BCUT2D eigenvalue weighted by Gasteiger charge is -2.10. The molecule has 0 fully saturated rings. The first-order chi connectivity index (χ1) is 10.3. The van der Waals surface area contributed by atoms with Crippen molar-refractivity contribution < 1.29 is 0 Å². The highest BCUT2D eigenvalue weighted by molar-refractivity contribution is 9.10. The summed E-state index contributed by atoms with van der Waals surface area (Å²) in [5.74, 6) is 1.44. The van der Waals surface area contributed by atoms with E-state index < -0.39 is 0 Å². The molecule has 21 heavy (non-hydrogen) atoms. The van der Waals surface area contributed by atoms with Gasteiger partial charge in [-0.3, -0.25) is 0 Å². The van der Waals surface area contributed by atoms with Crippen LogP contribution in [-0.2, 0) is 6.54 Å². The molecule has 0 bridgehead atoms. The second-order valence-electron chi connectivity index (χ2n) is 4.65. The zero-order valence-corrected chi connectivity index (χ0v) is 13.2. The molecule has 0 saturated carbocycles. The van der Waals surface area contributed by atoms with Crippen molar-refractivity contribution in [1.82, 2.24) is 9.97 Å². The van der Waals surface area contributed by atoms with E-state index in [1.165, 1.54) is 5.56 Å². The summed E-state index contributed by atoms with van der Waals surface area (Å²) in [7, 11) is 1.86. The van der Waals surface area contributed by atoms with Gasteiger partial charge in [-0.15, -0.1) is 0 Å². The smallest absolute Gasteiger partial charge is 0.225 e. The lowest BCUT2D eigenvalue weighted by molar-refractivity contribution is 1.07. The molecule has 0 unspecified atom stereocenters. The summed E-state index contributed by atoms with van der Waals surface area (Å²) in [6.07, 6.45) is 0. The maximum atomic E-state index is 4.56. The topological polar surface area (TPSA) is 49.8 Å². The Kier molecular flexibility index (Phi) is 4.01. The van der Waals surface area contributed by atoms with Gasteiger partial charge in [-0.05, 0) is 23.8 Å². The van der Waals surface area contributed by atoms with Gasteiger partial charge in [-0.2, -0.15) is 4.98 Å². The molecule has 106 valence electrons. The van der Waals surface area contributed by atoms with E-state index in [9.17, 15) is 0 Å². The van der Waals surface area contributed by atoms with Crippen molar-refractivity contribution in [2.75, 3.05) is 17.7 Å². The Bertz CT molecular complexity index is 759. The molecule has 2 N–H and O–H groups in total. The van der Waals surface area contributed by atoms with Crippen LogP contribution in [0.4, 0.5) is 11.8 Å². The van der Waals surface area contributed by atoms with Crippen molar-refractivity contribution in [1.29, 1.82) is 0 Å². The fraction of sp³-hybridized carbons (Fsp3) is 0.125. The molecular weight excluding hydrogens is 328 g/mol. The third-order valence-corrected chi connectivity index (χ3v) is 3.68. The van der Waals surface area contributed by atoms with Crippen LogP contribution in [0.2, 0.25) is 0 Å². The molecule has 1 heterocycles. The quantitative estimate of drug-likeness (QED) is 0.751. The summed E-state index contributed by atoms with van der Waals surface area (Å²) >= 11 is 3.48. The summed E-state index contributed by atoms with van der Waals surface area (Å²) in [4.78, 5) is 9.08. The molecule has 0 saturated heterocycles. The summed E-state index contributed by atoms with van der Waals surface area (Å²) in [6.45, 7) is 0.700. The average Bonchev–Trinajstić information content (AvgIpc) is 2.53. The number of nitrogens with one attached hydrogen (secondary N) is 2. The van der Waals surface area contributed by atoms with Crippen LogP contribution < -0.4 is 10.6 Å². The Hall–Kier alpha value is -2.14. The minimum atomic E-state index is 0.623. The van der Waals surface area contributed by atoms with Gasteiger partial charge in [-0.25, -0.2) is 4.98 Å². The van der Waals surface area contributed by atoms with E-state index in [1.54, 1.807) is 0 Å². The first kappa shape index (κ1) is 13.8. The van der Waals surface area contributed by atoms with Crippen LogP contribution in [0.5, 0.6) is 0 Å². The zero-order valence-electron chi connectivity index (χ0n) is 11.6. The second-order valence-corrected chi connectivity index (χ2v) is 5.56. The van der Waals surface area contributed by atoms with Gasteiger partial charge in [0.1, 0.15) is 5.82 Å². The summed E-state index contributed by atoms with van der Waals surface area (Å²) < 4.78 is 1.01. The molecule has 5 heteroatoms. The monoisotopic (exact) mass is 342 g/mol. The highest BCUT2D eigenvalue weighted by Crippen LogP contribution is 2.25. The van der Waals surface area contributed by atoms with Gasteiger partial charge in [0.25, 0.3) is 0 Å². The molecule has 0 atom stereocenters. The van der Waals surface area contributed by atoms with Crippen molar-refractivity contribution in [3.05, 3.63) is 58.6 Å². The number of hydrogen-bond donors (Lipinski definition) is 2. The molecule has 0 spiro atoms. The lowest BCUT2D eigenvalue weighted by atomic mass is 10.2. The van der Waals surface area contributed by atoms with Gasteiger partial charge in [0, 0.05) is 23.5 Å². The van der Waals surface area contributed by atoms with Crippen molar-refractivity contribution in [2.45, 2.75) is 6.54 Å².